The maximum atomic E-state index is 13.1. The Morgan fingerprint density at radius 3 is 1.94 bits per heavy atom. The Kier molecular flexibility index (Phi) is 11.5. The van der Waals surface area contributed by atoms with Crippen molar-refractivity contribution in [3.8, 4) is 0 Å². The zero-order chi connectivity index (χ0) is 25.1. The van der Waals surface area contributed by atoms with Crippen LogP contribution in [0.1, 0.15) is 39.7 Å². The number of aliphatic carboxylic acids is 1. The number of aliphatic hydroxyl groups excluding tert-OH is 1. The number of carbonyl (C=O) groups is 4. The second-order valence-electron chi connectivity index (χ2n) is 8.80. The van der Waals surface area contributed by atoms with E-state index in [1.54, 1.807) is 38.1 Å². The molecule has 0 spiro atoms. The van der Waals surface area contributed by atoms with Crippen molar-refractivity contribution in [3.63, 3.8) is 0 Å². The maximum absolute atomic E-state index is 13.1. The smallest absolute Gasteiger partial charge is 0.326 e. The van der Waals surface area contributed by atoms with E-state index < -0.39 is 54.5 Å². The number of aliphatic hydroxyl groups is 1. The molecule has 0 aliphatic heterocycles. The predicted molar refractivity (Wildman–Crippen MR) is 123 cm³/mol. The van der Waals surface area contributed by atoms with E-state index >= 15 is 0 Å². The molecule has 3 amide bonds. The zero-order valence-corrected chi connectivity index (χ0v) is 19.6. The number of carboxylic acid groups (broad SMARTS) is 1. The van der Waals surface area contributed by atoms with E-state index in [4.69, 9.17) is 10.8 Å². The highest BCUT2D eigenvalue weighted by Gasteiger charge is 2.32. The molecule has 0 aliphatic carbocycles. The van der Waals surface area contributed by atoms with Gasteiger partial charge < -0.3 is 31.9 Å². The number of hydrogen-bond donors (Lipinski definition) is 6. The van der Waals surface area contributed by atoms with Crippen molar-refractivity contribution in [2.45, 2.75) is 64.7 Å². The minimum Gasteiger partial charge on any atom is -0.480 e. The van der Waals surface area contributed by atoms with Crippen molar-refractivity contribution in [2.24, 2.45) is 17.6 Å². The number of nitrogens with one attached hydrogen (secondary N) is 3. The molecular weight excluding hydrogens is 428 g/mol. The average Bonchev–Trinajstić information content (AvgIpc) is 2.75. The summed E-state index contributed by atoms with van der Waals surface area (Å²) in [5, 5.41) is 26.2. The first-order valence-corrected chi connectivity index (χ1v) is 11.0. The van der Waals surface area contributed by atoms with Crippen molar-refractivity contribution >= 4 is 23.7 Å². The average molecular weight is 465 g/mol. The van der Waals surface area contributed by atoms with Crippen molar-refractivity contribution in [2.75, 3.05) is 6.61 Å². The first kappa shape index (κ1) is 28.1. The van der Waals surface area contributed by atoms with Crippen molar-refractivity contribution in [3.05, 3.63) is 35.9 Å². The van der Waals surface area contributed by atoms with Crippen LogP contribution in [0.2, 0.25) is 0 Å². The normalized spacial score (nSPS) is 14.8. The molecule has 0 saturated heterocycles. The molecule has 0 fully saturated rings. The first-order valence-electron chi connectivity index (χ1n) is 11.0. The van der Waals surface area contributed by atoms with Gasteiger partial charge in [-0.2, -0.15) is 0 Å². The Balaban J connectivity index is 3.03. The van der Waals surface area contributed by atoms with Crippen molar-refractivity contribution in [1.29, 1.82) is 0 Å². The molecule has 0 bridgehead atoms. The lowest BCUT2D eigenvalue weighted by molar-refractivity contribution is -0.143. The number of carboxylic acids is 1. The van der Waals surface area contributed by atoms with Crippen LogP contribution in [0.3, 0.4) is 0 Å². The van der Waals surface area contributed by atoms with Crippen LogP contribution in [0.4, 0.5) is 0 Å². The van der Waals surface area contributed by atoms with E-state index in [0.29, 0.717) is 0 Å². The zero-order valence-electron chi connectivity index (χ0n) is 19.6. The van der Waals surface area contributed by atoms with Gasteiger partial charge in [0.1, 0.15) is 24.2 Å². The van der Waals surface area contributed by atoms with Gasteiger partial charge in [0.15, 0.2) is 0 Å². The molecule has 184 valence electrons. The summed E-state index contributed by atoms with van der Waals surface area (Å²) in [5.41, 5.74) is 6.33. The van der Waals surface area contributed by atoms with Gasteiger partial charge in [-0.25, -0.2) is 4.79 Å². The monoisotopic (exact) mass is 464 g/mol. The van der Waals surface area contributed by atoms with Gasteiger partial charge in [0.25, 0.3) is 0 Å². The Hall–Kier alpha value is -2.98. The summed E-state index contributed by atoms with van der Waals surface area (Å²) in [5.74, 6) is -3.42. The molecule has 0 aliphatic rings. The summed E-state index contributed by atoms with van der Waals surface area (Å²) in [6.45, 7) is 6.54. The highest BCUT2D eigenvalue weighted by Crippen LogP contribution is 2.09. The quantitative estimate of drug-likeness (QED) is 0.234. The number of carbonyl (C=O) groups excluding carboxylic acids is 3. The lowest BCUT2D eigenvalue weighted by Crippen LogP contribution is -2.59. The van der Waals surface area contributed by atoms with Gasteiger partial charge in [0, 0.05) is 6.42 Å². The summed E-state index contributed by atoms with van der Waals surface area (Å²) in [4.78, 5) is 49.7. The predicted octanol–water partition coefficient (Wildman–Crippen LogP) is -0.210. The fourth-order valence-electron chi connectivity index (χ4n) is 3.16. The van der Waals surface area contributed by atoms with Crippen molar-refractivity contribution in [1.82, 2.24) is 16.0 Å². The first-order chi connectivity index (χ1) is 15.5. The number of rotatable bonds is 13. The molecular formula is C23H36N4O6. The van der Waals surface area contributed by atoms with E-state index in [2.05, 4.69) is 16.0 Å². The molecule has 1 aromatic carbocycles. The molecule has 1 aromatic rings. The fraction of sp³-hybridized carbons (Fsp3) is 0.565. The third-order valence-electron chi connectivity index (χ3n) is 5.02. The lowest BCUT2D eigenvalue weighted by atomic mass is 9.99. The third-order valence-corrected chi connectivity index (χ3v) is 5.02. The van der Waals surface area contributed by atoms with Crippen LogP contribution in [0.15, 0.2) is 30.3 Å². The summed E-state index contributed by atoms with van der Waals surface area (Å²) >= 11 is 0. The molecule has 4 unspecified atom stereocenters. The molecule has 10 nitrogen and oxygen atoms in total. The van der Waals surface area contributed by atoms with Crippen LogP contribution in [-0.4, -0.2) is 64.7 Å². The van der Waals surface area contributed by atoms with E-state index in [9.17, 15) is 24.3 Å². The van der Waals surface area contributed by atoms with Gasteiger partial charge in [-0.1, -0.05) is 58.0 Å². The summed E-state index contributed by atoms with van der Waals surface area (Å²) in [6.07, 6.45) is 0.375. The fourth-order valence-corrected chi connectivity index (χ4v) is 3.16. The number of amides is 3. The summed E-state index contributed by atoms with van der Waals surface area (Å²) in [6, 6.07) is 4.60. The molecule has 10 heteroatoms. The SMILES string of the molecule is CC(C)CC(NC(=O)C(NC(=O)C(Cc1ccccc1)NC(=O)C(N)CO)C(C)C)C(=O)O. The molecule has 33 heavy (non-hydrogen) atoms. The van der Waals surface area contributed by atoms with Gasteiger partial charge in [-0.05, 0) is 23.8 Å². The van der Waals surface area contributed by atoms with Crippen LogP contribution in [0.25, 0.3) is 0 Å². The van der Waals surface area contributed by atoms with Gasteiger partial charge in [-0.3, -0.25) is 14.4 Å². The van der Waals surface area contributed by atoms with Crippen molar-refractivity contribution < 1.29 is 29.4 Å². The number of hydrogen-bond acceptors (Lipinski definition) is 6. The summed E-state index contributed by atoms with van der Waals surface area (Å²) < 4.78 is 0. The molecule has 0 radical (unpaired) electrons. The van der Waals surface area contributed by atoms with Crippen LogP contribution in [0, 0.1) is 11.8 Å². The van der Waals surface area contributed by atoms with E-state index in [1.807, 2.05) is 19.9 Å². The van der Waals surface area contributed by atoms with E-state index in [0.717, 1.165) is 5.56 Å². The highest BCUT2D eigenvalue weighted by atomic mass is 16.4. The van der Waals surface area contributed by atoms with Crippen LogP contribution < -0.4 is 21.7 Å². The molecule has 4 atom stereocenters. The largest absolute Gasteiger partial charge is 0.480 e. The van der Waals surface area contributed by atoms with Crippen LogP contribution in [-0.2, 0) is 25.6 Å². The van der Waals surface area contributed by atoms with Gasteiger partial charge in [-0.15, -0.1) is 0 Å². The Morgan fingerprint density at radius 1 is 0.879 bits per heavy atom. The number of benzene rings is 1. The Morgan fingerprint density at radius 2 is 1.45 bits per heavy atom. The molecule has 0 aromatic heterocycles. The molecule has 0 saturated carbocycles. The highest BCUT2D eigenvalue weighted by molar-refractivity contribution is 5.94. The van der Waals surface area contributed by atoms with E-state index in [1.165, 1.54) is 0 Å². The van der Waals surface area contributed by atoms with Gasteiger partial charge in [0.05, 0.1) is 6.61 Å². The Labute approximate surface area is 194 Å². The third kappa shape index (κ3) is 9.58. The molecule has 0 heterocycles. The molecule has 1 rings (SSSR count). The maximum Gasteiger partial charge on any atom is 0.326 e. The lowest BCUT2D eigenvalue weighted by Gasteiger charge is -2.27. The van der Waals surface area contributed by atoms with Gasteiger partial charge >= 0.3 is 5.97 Å². The minimum absolute atomic E-state index is 0.0414. The second kappa shape index (κ2) is 13.5. The minimum atomic E-state index is -1.20. The number of nitrogens with two attached hydrogens (primary N) is 1. The van der Waals surface area contributed by atoms with Crippen LogP contribution in [0.5, 0.6) is 0 Å². The summed E-state index contributed by atoms with van der Waals surface area (Å²) in [7, 11) is 0. The Bertz CT molecular complexity index is 799. The standard InChI is InChI=1S/C23H36N4O6/c1-13(2)10-18(23(32)33)26-22(31)19(14(3)4)27-21(30)17(25-20(29)16(24)12-28)11-15-8-6-5-7-9-15/h5-9,13-14,16-19,28H,10-12,24H2,1-4H3,(H,25,29)(H,26,31)(H,27,30)(H,32,33). The second-order valence-corrected chi connectivity index (χ2v) is 8.80. The van der Waals surface area contributed by atoms with Gasteiger partial charge in [0.2, 0.25) is 17.7 Å². The van der Waals surface area contributed by atoms with E-state index in [-0.39, 0.29) is 24.7 Å². The molecule has 7 N–H and O–H groups in total. The topological polar surface area (TPSA) is 171 Å². The van der Waals surface area contributed by atoms with Crippen LogP contribution >= 0.6 is 0 Å².